The Morgan fingerprint density at radius 2 is 1.54 bits per heavy atom. The van der Waals surface area contributed by atoms with Gasteiger partial charge in [0.2, 0.25) is 23.6 Å². The molecule has 1 heterocycles. The van der Waals surface area contributed by atoms with E-state index in [1.54, 1.807) is 0 Å². The largest absolute Gasteiger partial charge is 0.481 e. The van der Waals surface area contributed by atoms with Crippen LogP contribution in [0, 0.1) is 0 Å². The van der Waals surface area contributed by atoms with Crippen molar-refractivity contribution < 1.29 is 39.0 Å². The molecule has 4 unspecified atom stereocenters. The first kappa shape index (κ1) is 32.3. The van der Waals surface area contributed by atoms with Gasteiger partial charge in [-0.25, -0.2) is 9.78 Å². The highest BCUT2D eigenvalue weighted by Gasteiger charge is 2.31. The number of hydrogen-bond acceptors (Lipinski definition) is 9. The molecular formula is C21H34N10O8. The van der Waals surface area contributed by atoms with E-state index in [9.17, 15) is 33.9 Å². The smallest absolute Gasteiger partial charge is 0.326 e. The number of aromatic nitrogens is 2. The summed E-state index contributed by atoms with van der Waals surface area (Å²) in [5.41, 5.74) is 21.7. The summed E-state index contributed by atoms with van der Waals surface area (Å²) >= 11 is 0. The van der Waals surface area contributed by atoms with Crippen molar-refractivity contribution in [2.24, 2.45) is 27.9 Å². The molecule has 4 atom stereocenters. The van der Waals surface area contributed by atoms with Gasteiger partial charge in [-0.1, -0.05) is 0 Å². The van der Waals surface area contributed by atoms with Crippen LogP contribution in [0.1, 0.15) is 37.8 Å². The number of primary amides is 1. The summed E-state index contributed by atoms with van der Waals surface area (Å²) in [7, 11) is 0. The number of imidazole rings is 1. The van der Waals surface area contributed by atoms with E-state index in [4.69, 9.17) is 28.0 Å². The molecule has 1 rings (SSSR count). The maximum atomic E-state index is 13.2. The Morgan fingerprint density at radius 3 is 2.08 bits per heavy atom. The highest BCUT2D eigenvalue weighted by molar-refractivity contribution is 5.95. The summed E-state index contributed by atoms with van der Waals surface area (Å²) in [4.78, 5) is 82.5. The second-order valence-corrected chi connectivity index (χ2v) is 8.46. The molecule has 0 spiro atoms. The molecule has 0 radical (unpaired) electrons. The standard InChI is InChI=1S/C21H34N10O8/c22-11(7-15(23)32)17(35)29-12(2-1-5-27-21(24)25)18(36)31-14(6-10-8-26-9-28-10)19(37)30-13(20(38)39)3-4-16(33)34/h8-9,11-14H,1-7,22H2,(H2,23,32)(H,26,28)(H,29,35)(H,30,37)(H,31,36)(H,33,34)(H,38,39)(H4,24,25,27). The lowest BCUT2D eigenvalue weighted by Gasteiger charge is -2.25. The Labute approximate surface area is 222 Å². The predicted octanol–water partition coefficient (Wildman–Crippen LogP) is -4.39. The van der Waals surface area contributed by atoms with Crippen LogP contribution in [0.25, 0.3) is 0 Å². The lowest BCUT2D eigenvalue weighted by Crippen LogP contribution is -2.57. The first-order chi connectivity index (χ1) is 18.3. The summed E-state index contributed by atoms with van der Waals surface area (Å²) in [6.07, 6.45) is 1.35. The quantitative estimate of drug-likeness (QED) is 0.0467. The third-order valence-electron chi connectivity index (χ3n) is 5.21. The number of aliphatic carboxylic acids is 2. The minimum Gasteiger partial charge on any atom is -0.481 e. The number of nitrogens with two attached hydrogens (primary N) is 4. The average molecular weight is 555 g/mol. The molecular weight excluding hydrogens is 520 g/mol. The van der Waals surface area contributed by atoms with Crippen molar-refractivity contribution in [3.05, 3.63) is 18.2 Å². The lowest BCUT2D eigenvalue weighted by molar-refractivity contribution is -0.143. The maximum absolute atomic E-state index is 13.2. The number of hydrogen-bond donors (Lipinski definition) is 10. The zero-order valence-corrected chi connectivity index (χ0v) is 21.0. The van der Waals surface area contributed by atoms with Gasteiger partial charge in [-0.15, -0.1) is 0 Å². The number of nitrogens with zero attached hydrogens (tertiary/aromatic N) is 2. The summed E-state index contributed by atoms with van der Waals surface area (Å²) in [6.45, 7) is 0.108. The van der Waals surface area contributed by atoms with Gasteiger partial charge in [-0.05, 0) is 19.3 Å². The molecule has 0 aliphatic rings. The van der Waals surface area contributed by atoms with Crippen molar-refractivity contribution in [3.8, 4) is 0 Å². The van der Waals surface area contributed by atoms with Crippen LogP contribution < -0.4 is 38.9 Å². The predicted molar refractivity (Wildman–Crippen MR) is 134 cm³/mol. The van der Waals surface area contributed by atoms with Gasteiger partial charge in [0.25, 0.3) is 0 Å². The molecule has 0 aromatic carbocycles. The Kier molecular flexibility index (Phi) is 13.4. The van der Waals surface area contributed by atoms with E-state index >= 15 is 0 Å². The van der Waals surface area contributed by atoms with E-state index in [0.717, 1.165) is 0 Å². The van der Waals surface area contributed by atoms with Gasteiger partial charge >= 0.3 is 11.9 Å². The Morgan fingerprint density at radius 1 is 0.923 bits per heavy atom. The van der Waals surface area contributed by atoms with Crippen molar-refractivity contribution in [2.45, 2.75) is 62.7 Å². The number of guanidine groups is 1. The average Bonchev–Trinajstić information content (AvgIpc) is 3.35. The van der Waals surface area contributed by atoms with Gasteiger partial charge in [-0.3, -0.25) is 29.0 Å². The van der Waals surface area contributed by atoms with Gasteiger partial charge in [0.1, 0.15) is 18.1 Å². The molecule has 0 bridgehead atoms. The van der Waals surface area contributed by atoms with Gasteiger partial charge in [-0.2, -0.15) is 0 Å². The number of nitrogens with one attached hydrogen (secondary N) is 4. The fourth-order valence-corrected chi connectivity index (χ4v) is 3.26. The molecule has 18 nitrogen and oxygen atoms in total. The fourth-order valence-electron chi connectivity index (χ4n) is 3.26. The molecule has 1 aromatic rings. The molecule has 18 heteroatoms. The van der Waals surface area contributed by atoms with E-state index in [2.05, 4.69) is 30.9 Å². The molecule has 14 N–H and O–H groups in total. The molecule has 0 fully saturated rings. The van der Waals surface area contributed by atoms with Crippen molar-refractivity contribution in [3.63, 3.8) is 0 Å². The van der Waals surface area contributed by atoms with Crippen molar-refractivity contribution in [2.75, 3.05) is 6.54 Å². The Balaban J connectivity index is 3.11. The minimum absolute atomic E-state index is 0.00754. The zero-order chi connectivity index (χ0) is 29.5. The monoisotopic (exact) mass is 554 g/mol. The molecule has 39 heavy (non-hydrogen) atoms. The normalized spacial score (nSPS) is 13.7. The van der Waals surface area contributed by atoms with Crippen molar-refractivity contribution in [1.82, 2.24) is 25.9 Å². The summed E-state index contributed by atoms with van der Waals surface area (Å²) < 4.78 is 0. The number of rotatable bonds is 18. The summed E-state index contributed by atoms with van der Waals surface area (Å²) in [5.74, 6) is -6.36. The first-order valence-corrected chi connectivity index (χ1v) is 11.7. The lowest BCUT2D eigenvalue weighted by atomic mass is 10.1. The zero-order valence-electron chi connectivity index (χ0n) is 21.0. The van der Waals surface area contributed by atoms with Crippen molar-refractivity contribution >= 4 is 41.5 Å². The number of carboxylic acids is 2. The van der Waals surface area contributed by atoms with Gasteiger partial charge in [0.05, 0.1) is 18.8 Å². The SMILES string of the molecule is NC(=O)CC(N)C(=O)NC(CCCN=C(N)N)C(=O)NC(Cc1cnc[nH]1)C(=O)NC(CCC(=O)O)C(=O)O. The van der Waals surface area contributed by atoms with E-state index in [0.29, 0.717) is 5.69 Å². The second kappa shape index (κ2) is 16.2. The summed E-state index contributed by atoms with van der Waals surface area (Å²) in [5, 5.41) is 25.3. The van der Waals surface area contributed by atoms with E-state index < -0.39 is 79.0 Å². The molecule has 0 saturated carbocycles. The van der Waals surface area contributed by atoms with Crippen LogP contribution in [0.2, 0.25) is 0 Å². The van der Waals surface area contributed by atoms with Crippen molar-refractivity contribution in [1.29, 1.82) is 0 Å². The number of aromatic amines is 1. The number of carboxylic acid groups (broad SMARTS) is 2. The fraction of sp³-hybridized carbons (Fsp3) is 0.524. The third kappa shape index (κ3) is 12.9. The topological polar surface area (TPSA) is 324 Å². The van der Waals surface area contributed by atoms with Crippen LogP contribution in [0.15, 0.2) is 17.5 Å². The molecule has 0 aliphatic carbocycles. The minimum atomic E-state index is -1.54. The Hall–Kier alpha value is -4.74. The van der Waals surface area contributed by atoms with Gasteiger partial charge in [0, 0.05) is 31.3 Å². The van der Waals surface area contributed by atoms with Gasteiger partial charge in [0.15, 0.2) is 5.96 Å². The third-order valence-corrected chi connectivity index (χ3v) is 5.21. The number of aliphatic imine (C=N–C) groups is 1. The molecule has 0 saturated heterocycles. The van der Waals surface area contributed by atoms with E-state index in [1.165, 1.54) is 12.5 Å². The van der Waals surface area contributed by atoms with Crippen LogP contribution in [0.4, 0.5) is 0 Å². The number of H-pyrrole nitrogens is 1. The van der Waals surface area contributed by atoms with E-state index in [1.807, 2.05) is 0 Å². The molecule has 4 amide bonds. The maximum Gasteiger partial charge on any atom is 0.326 e. The first-order valence-electron chi connectivity index (χ1n) is 11.7. The van der Waals surface area contributed by atoms with Crippen LogP contribution in [-0.2, 0) is 35.2 Å². The number of carbonyl (C=O) groups excluding carboxylic acids is 4. The molecule has 1 aromatic heterocycles. The van der Waals surface area contributed by atoms with Crippen LogP contribution in [0.5, 0.6) is 0 Å². The number of amides is 4. The Bertz CT molecular complexity index is 1040. The van der Waals surface area contributed by atoms with E-state index in [-0.39, 0.29) is 31.8 Å². The van der Waals surface area contributed by atoms with Gasteiger partial charge < -0.3 is 54.1 Å². The summed E-state index contributed by atoms with van der Waals surface area (Å²) in [6, 6.07) is -5.51. The highest BCUT2D eigenvalue weighted by atomic mass is 16.4. The number of carbonyl (C=O) groups is 6. The van der Waals surface area contributed by atoms with Crippen LogP contribution in [0.3, 0.4) is 0 Å². The van der Waals surface area contributed by atoms with Crippen LogP contribution >= 0.6 is 0 Å². The second-order valence-electron chi connectivity index (χ2n) is 8.46. The van der Waals surface area contributed by atoms with Crippen LogP contribution in [-0.4, -0.2) is 92.4 Å². The molecule has 216 valence electrons. The highest BCUT2D eigenvalue weighted by Crippen LogP contribution is 2.06. The molecule has 0 aliphatic heterocycles.